The Morgan fingerprint density at radius 1 is 1.29 bits per heavy atom. The lowest BCUT2D eigenvalue weighted by Crippen LogP contribution is -2.41. The van der Waals surface area contributed by atoms with Crippen LogP contribution in [-0.2, 0) is 11.2 Å². The Hall–Kier alpha value is -3.03. The van der Waals surface area contributed by atoms with Gasteiger partial charge in [0.1, 0.15) is 5.82 Å². The number of anilines is 1. The summed E-state index contributed by atoms with van der Waals surface area (Å²) in [5, 5.41) is 7.45. The number of aryl methyl sites for hydroxylation is 2. The molecule has 0 aliphatic carbocycles. The van der Waals surface area contributed by atoms with Crippen LogP contribution in [0.1, 0.15) is 30.1 Å². The molecule has 0 spiro atoms. The van der Waals surface area contributed by atoms with Gasteiger partial charge >= 0.3 is 0 Å². The van der Waals surface area contributed by atoms with Crippen molar-refractivity contribution in [1.82, 2.24) is 29.9 Å². The number of fused-ring (bicyclic) bond motifs is 1. The third kappa shape index (κ3) is 4.11. The Balaban J connectivity index is 1.32. The molecule has 146 valence electrons. The van der Waals surface area contributed by atoms with Crippen molar-refractivity contribution >= 4 is 17.5 Å². The molecule has 1 amide bonds. The second-order valence-electron chi connectivity index (χ2n) is 7.40. The zero-order chi connectivity index (χ0) is 19.5. The Bertz CT molecular complexity index is 969. The molecule has 1 aliphatic heterocycles. The van der Waals surface area contributed by atoms with Crippen molar-refractivity contribution in [2.75, 3.05) is 24.5 Å². The first-order valence-electron chi connectivity index (χ1n) is 9.71. The summed E-state index contributed by atoms with van der Waals surface area (Å²) in [6.07, 6.45) is 4.20. The van der Waals surface area contributed by atoms with E-state index in [1.54, 1.807) is 4.52 Å². The molecule has 0 aromatic carbocycles. The number of hydrogen-bond donors (Lipinski definition) is 1. The van der Waals surface area contributed by atoms with E-state index in [9.17, 15) is 4.79 Å². The van der Waals surface area contributed by atoms with Gasteiger partial charge in [-0.3, -0.25) is 4.79 Å². The number of rotatable bonds is 5. The van der Waals surface area contributed by atoms with E-state index in [0.717, 1.165) is 43.1 Å². The largest absolute Gasteiger partial charge is 0.356 e. The van der Waals surface area contributed by atoms with E-state index in [-0.39, 0.29) is 12.3 Å². The van der Waals surface area contributed by atoms with E-state index in [1.165, 1.54) is 0 Å². The monoisotopic (exact) mass is 379 g/mol. The summed E-state index contributed by atoms with van der Waals surface area (Å²) in [6.45, 7) is 6.46. The Morgan fingerprint density at radius 3 is 3.00 bits per heavy atom. The molecule has 28 heavy (non-hydrogen) atoms. The fraction of sp³-hybridized carbons (Fsp3) is 0.450. The summed E-state index contributed by atoms with van der Waals surface area (Å²) in [5.74, 6) is 2.40. The molecule has 8 heteroatoms. The van der Waals surface area contributed by atoms with E-state index in [2.05, 4.69) is 30.3 Å². The summed E-state index contributed by atoms with van der Waals surface area (Å²) in [5.41, 5.74) is 1.85. The van der Waals surface area contributed by atoms with Crippen LogP contribution in [0.5, 0.6) is 0 Å². The molecule has 8 nitrogen and oxygen atoms in total. The average Bonchev–Trinajstić information content (AvgIpc) is 3.10. The molecule has 1 fully saturated rings. The highest BCUT2D eigenvalue weighted by molar-refractivity contribution is 5.77. The first-order chi connectivity index (χ1) is 13.6. The van der Waals surface area contributed by atoms with Crippen LogP contribution in [0.4, 0.5) is 5.82 Å². The van der Waals surface area contributed by atoms with Gasteiger partial charge in [0.05, 0.1) is 6.42 Å². The number of hydrogen-bond acceptors (Lipinski definition) is 6. The van der Waals surface area contributed by atoms with Gasteiger partial charge in [-0.2, -0.15) is 4.98 Å². The number of nitrogens with one attached hydrogen (secondary N) is 1. The van der Waals surface area contributed by atoms with Crippen LogP contribution in [0, 0.1) is 19.8 Å². The lowest BCUT2D eigenvalue weighted by Gasteiger charge is -2.33. The molecule has 1 atom stereocenters. The smallest absolute Gasteiger partial charge is 0.252 e. The molecular formula is C20H25N7O. The van der Waals surface area contributed by atoms with E-state index in [4.69, 9.17) is 0 Å². The van der Waals surface area contributed by atoms with Crippen LogP contribution < -0.4 is 10.2 Å². The van der Waals surface area contributed by atoms with Gasteiger partial charge in [0.2, 0.25) is 5.91 Å². The highest BCUT2D eigenvalue weighted by Gasteiger charge is 2.21. The number of carbonyl (C=O) groups excluding carboxylic acids is 1. The van der Waals surface area contributed by atoms with Crippen LogP contribution >= 0.6 is 0 Å². The minimum absolute atomic E-state index is 0.0553. The summed E-state index contributed by atoms with van der Waals surface area (Å²) in [4.78, 5) is 27.9. The molecule has 1 saturated heterocycles. The fourth-order valence-electron chi connectivity index (χ4n) is 3.73. The molecule has 0 saturated carbocycles. The third-order valence-corrected chi connectivity index (χ3v) is 5.06. The Kier molecular flexibility index (Phi) is 5.18. The third-order valence-electron chi connectivity index (χ3n) is 5.06. The maximum absolute atomic E-state index is 12.4. The zero-order valence-corrected chi connectivity index (χ0v) is 16.3. The van der Waals surface area contributed by atoms with Crippen molar-refractivity contribution in [3.63, 3.8) is 0 Å². The number of carbonyl (C=O) groups is 1. The maximum atomic E-state index is 12.4. The molecule has 3 aromatic rings. The number of amides is 1. The van der Waals surface area contributed by atoms with Gasteiger partial charge in [-0.1, -0.05) is 6.07 Å². The van der Waals surface area contributed by atoms with Crippen molar-refractivity contribution in [3.8, 4) is 0 Å². The number of aromatic nitrogens is 5. The SMILES string of the molecule is Cc1cc(C)n2nc(CC(=O)NCC3CCCN(c4ccccn4)C3)nc2n1. The van der Waals surface area contributed by atoms with E-state index < -0.39 is 0 Å². The first-order valence-corrected chi connectivity index (χ1v) is 9.71. The highest BCUT2D eigenvalue weighted by Crippen LogP contribution is 2.20. The first kappa shape index (κ1) is 18.3. The summed E-state index contributed by atoms with van der Waals surface area (Å²) >= 11 is 0. The second-order valence-corrected chi connectivity index (χ2v) is 7.40. The summed E-state index contributed by atoms with van der Waals surface area (Å²) in [6, 6.07) is 7.92. The quantitative estimate of drug-likeness (QED) is 0.726. The molecule has 0 bridgehead atoms. The van der Waals surface area contributed by atoms with Crippen molar-refractivity contribution in [3.05, 3.63) is 47.7 Å². The van der Waals surface area contributed by atoms with Gasteiger partial charge < -0.3 is 10.2 Å². The molecule has 1 unspecified atom stereocenters. The number of piperidine rings is 1. The van der Waals surface area contributed by atoms with Crippen LogP contribution in [0.3, 0.4) is 0 Å². The second kappa shape index (κ2) is 7.92. The molecule has 0 radical (unpaired) electrons. The van der Waals surface area contributed by atoms with Crippen LogP contribution in [0.2, 0.25) is 0 Å². The standard InChI is InChI=1S/C20H25N7O/c1-14-10-15(2)27-20(23-14)24-17(25-27)11-19(28)22-12-16-6-5-9-26(13-16)18-7-3-4-8-21-18/h3-4,7-8,10,16H,5-6,9,11-13H2,1-2H3,(H,22,28). The number of pyridine rings is 1. The van der Waals surface area contributed by atoms with Crippen molar-refractivity contribution in [1.29, 1.82) is 0 Å². The molecular weight excluding hydrogens is 354 g/mol. The number of nitrogens with zero attached hydrogens (tertiary/aromatic N) is 6. The summed E-state index contributed by atoms with van der Waals surface area (Å²) < 4.78 is 1.68. The lowest BCUT2D eigenvalue weighted by atomic mass is 9.98. The Morgan fingerprint density at radius 2 is 2.18 bits per heavy atom. The maximum Gasteiger partial charge on any atom is 0.252 e. The van der Waals surface area contributed by atoms with E-state index >= 15 is 0 Å². The molecule has 4 rings (SSSR count). The molecule has 1 aliphatic rings. The van der Waals surface area contributed by atoms with Gasteiger partial charge in [-0.15, -0.1) is 5.10 Å². The minimum atomic E-state index is -0.0553. The highest BCUT2D eigenvalue weighted by atomic mass is 16.1. The van der Waals surface area contributed by atoms with E-state index in [1.807, 2.05) is 44.3 Å². The fourth-order valence-corrected chi connectivity index (χ4v) is 3.73. The van der Waals surface area contributed by atoms with Gasteiger partial charge in [0, 0.05) is 37.2 Å². The van der Waals surface area contributed by atoms with Crippen molar-refractivity contribution in [2.24, 2.45) is 5.92 Å². The van der Waals surface area contributed by atoms with Gasteiger partial charge in [-0.25, -0.2) is 14.5 Å². The van der Waals surface area contributed by atoms with Gasteiger partial charge in [-0.05, 0) is 50.8 Å². The van der Waals surface area contributed by atoms with Crippen LogP contribution in [0.15, 0.2) is 30.5 Å². The molecule has 1 N–H and O–H groups in total. The topological polar surface area (TPSA) is 88.3 Å². The zero-order valence-electron chi connectivity index (χ0n) is 16.3. The van der Waals surface area contributed by atoms with E-state index in [0.29, 0.717) is 24.1 Å². The normalized spacial score (nSPS) is 17.1. The summed E-state index contributed by atoms with van der Waals surface area (Å²) in [7, 11) is 0. The average molecular weight is 379 g/mol. The predicted molar refractivity (Wildman–Crippen MR) is 106 cm³/mol. The Labute approximate surface area is 164 Å². The minimum Gasteiger partial charge on any atom is -0.356 e. The van der Waals surface area contributed by atoms with Crippen molar-refractivity contribution < 1.29 is 4.79 Å². The van der Waals surface area contributed by atoms with Crippen LogP contribution in [0.25, 0.3) is 5.78 Å². The van der Waals surface area contributed by atoms with Gasteiger partial charge in [0.25, 0.3) is 5.78 Å². The lowest BCUT2D eigenvalue weighted by molar-refractivity contribution is -0.120. The van der Waals surface area contributed by atoms with Crippen LogP contribution in [-0.4, -0.2) is 50.1 Å². The van der Waals surface area contributed by atoms with Crippen molar-refractivity contribution in [2.45, 2.75) is 33.1 Å². The molecule has 4 heterocycles. The predicted octanol–water partition coefficient (Wildman–Crippen LogP) is 1.71. The molecule has 3 aromatic heterocycles. The van der Waals surface area contributed by atoms with Gasteiger partial charge in [0.15, 0.2) is 5.82 Å².